The van der Waals surface area contributed by atoms with Gasteiger partial charge in [0.05, 0.1) is 17.2 Å². The summed E-state index contributed by atoms with van der Waals surface area (Å²) >= 11 is 3.59. The highest BCUT2D eigenvalue weighted by molar-refractivity contribution is 9.10. The van der Waals surface area contributed by atoms with Crippen molar-refractivity contribution in [2.24, 2.45) is 5.73 Å². The third-order valence-corrected chi connectivity index (χ3v) is 5.40. The van der Waals surface area contributed by atoms with Crippen molar-refractivity contribution in [1.82, 2.24) is 15.2 Å². The molecule has 0 radical (unpaired) electrons. The van der Waals surface area contributed by atoms with E-state index in [0.29, 0.717) is 23.0 Å². The Hall–Kier alpha value is -3.51. The van der Waals surface area contributed by atoms with Crippen LogP contribution in [-0.4, -0.2) is 22.0 Å². The molecular formula is C19H12BrN5O3. The fourth-order valence-electron chi connectivity index (χ4n) is 3.45. The highest BCUT2D eigenvalue weighted by Crippen LogP contribution is 2.49. The SMILES string of the molecule is N#CC1=C(N)Oc2n[nH]c(-c3ccncc3)c2[C@@H]1c1cc2c(cc1Br)OCO2. The molecule has 2 aliphatic heterocycles. The van der Waals surface area contributed by atoms with E-state index in [0.717, 1.165) is 26.9 Å². The number of pyridine rings is 1. The number of nitrogens with two attached hydrogens (primary N) is 1. The van der Waals surface area contributed by atoms with Crippen molar-refractivity contribution in [3.05, 3.63) is 63.7 Å². The number of aromatic amines is 1. The number of rotatable bonds is 2. The van der Waals surface area contributed by atoms with Gasteiger partial charge in [-0.25, -0.2) is 0 Å². The highest BCUT2D eigenvalue weighted by Gasteiger charge is 2.37. The number of hydrogen-bond donors (Lipinski definition) is 2. The van der Waals surface area contributed by atoms with E-state index >= 15 is 0 Å². The highest BCUT2D eigenvalue weighted by atomic mass is 79.9. The molecule has 0 saturated heterocycles. The van der Waals surface area contributed by atoms with Gasteiger partial charge in [-0.05, 0) is 29.8 Å². The van der Waals surface area contributed by atoms with Gasteiger partial charge in [-0.15, -0.1) is 5.10 Å². The first kappa shape index (κ1) is 16.6. The number of hydrogen-bond acceptors (Lipinski definition) is 7. The standard InChI is InChI=1S/C19H12BrN5O3/c20-12-6-14-13(26-8-27-14)5-10(12)15-11(7-21)18(22)28-19-16(15)17(24-25-19)9-1-3-23-4-2-9/h1-6,15H,8,22H2,(H,24,25)/t15-/m1/s1. The van der Waals surface area contributed by atoms with Crippen LogP contribution in [-0.2, 0) is 0 Å². The van der Waals surface area contributed by atoms with E-state index in [1.807, 2.05) is 24.3 Å². The molecule has 138 valence electrons. The van der Waals surface area contributed by atoms with Crippen LogP contribution in [0.5, 0.6) is 17.4 Å². The van der Waals surface area contributed by atoms with Crippen LogP contribution in [0, 0.1) is 11.3 Å². The van der Waals surface area contributed by atoms with Crippen LogP contribution >= 0.6 is 15.9 Å². The molecule has 28 heavy (non-hydrogen) atoms. The van der Waals surface area contributed by atoms with Gasteiger partial charge >= 0.3 is 0 Å². The fourth-order valence-corrected chi connectivity index (χ4v) is 4.00. The molecule has 0 aliphatic carbocycles. The Labute approximate surface area is 167 Å². The summed E-state index contributed by atoms with van der Waals surface area (Å²) in [6, 6.07) is 9.57. The second-order valence-corrected chi connectivity index (χ2v) is 7.06. The van der Waals surface area contributed by atoms with Crippen LogP contribution in [0.15, 0.2) is 52.6 Å². The average Bonchev–Trinajstić information content (AvgIpc) is 3.33. The molecule has 1 aromatic carbocycles. The van der Waals surface area contributed by atoms with Crippen molar-refractivity contribution in [2.45, 2.75) is 5.92 Å². The van der Waals surface area contributed by atoms with Crippen LogP contribution in [0.4, 0.5) is 0 Å². The number of H-pyrrole nitrogens is 1. The Morgan fingerprint density at radius 1 is 1.21 bits per heavy atom. The first-order valence-electron chi connectivity index (χ1n) is 8.32. The normalized spacial score (nSPS) is 17.1. The van der Waals surface area contributed by atoms with Gasteiger partial charge in [0.2, 0.25) is 18.6 Å². The Bertz CT molecular complexity index is 1170. The van der Waals surface area contributed by atoms with Crippen molar-refractivity contribution in [3.8, 4) is 34.7 Å². The Morgan fingerprint density at radius 2 is 1.96 bits per heavy atom. The Kier molecular flexibility index (Phi) is 3.74. The van der Waals surface area contributed by atoms with E-state index in [1.165, 1.54) is 0 Å². The van der Waals surface area contributed by atoms with Gasteiger partial charge in [0, 0.05) is 22.4 Å². The lowest BCUT2D eigenvalue weighted by molar-refractivity contribution is 0.174. The van der Waals surface area contributed by atoms with Crippen LogP contribution in [0.3, 0.4) is 0 Å². The molecule has 1 atom stereocenters. The molecule has 0 unspecified atom stereocenters. The van der Waals surface area contributed by atoms with Crippen LogP contribution in [0.2, 0.25) is 0 Å². The zero-order valence-electron chi connectivity index (χ0n) is 14.3. The van der Waals surface area contributed by atoms with Gasteiger partial charge in [-0.1, -0.05) is 15.9 Å². The van der Waals surface area contributed by atoms with E-state index in [1.54, 1.807) is 12.4 Å². The summed E-state index contributed by atoms with van der Waals surface area (Å²) < 4.78 is 17.4. The zero-order valence-corrected chi connectivity index (χ0v) is 15.9. The quantitative estimate of drug-likeness (QED) is 0.631. The molecule has 2 aromatic heterocycles. The molecule has 4 heterocycles. The molecule has 0 bridgehead atoms. The summed E-state index contributed by atoms with van der Waals surface area (Å²) in [5, 5.41) is 17.1. The summed E-state index contributed by atoms with van der Waals surface area (Å²) in [7, 11) is 0. The summed E-state index contributed by atoms with van der Waals surface area (Å²) in [4.78, 5) is 4.06. The van der Waals surface area contributed by atoms with Crippen LogP contribution in [0.25, 0.3) is 11.3 Å². The van der Waals surface area contributed by atoms with Gasteiger partial charge in [-0.2, -0.15) is 5.26 Å². The van der Waals surface area contributed by atoms with E-state index < -0.39 is 5.92 Å². The number of aromatic nitrogens is 3. The monoisotopic (exact) mass is 437 g/mol. The number of ether oxygens (including phenoxy) is 3. The number of fused-ring (bicyclic) bond motifs is 2. The molecule has 0 amide bonds. The molecule has 2 aliphatic rings. The first-order valence-corrected chi connectivity index (χ1v) is 9.12. The molecule has 5 rings (SSSR count). The number of nitriles is 1. The predicted octanol–water partition coefficient (Wildman–Crippen LogP) is 3.18. The predicted molar refractivity (Wildman–Crippen MR) is 101 cm³/mol. The molecule has 0 saturated carbocycles. The van der Waals surface area contributed by atoms with Gasteiger partial charge < -0.3 is 19.9 Å². The number of halogens is 1. The molecule has 3 aromatic rings. The van der Waals surface area contributed by atoms with Crippen molar-refractivity contribution in [1.29, 1.82) is 5.26 Å². The number of nitrogens with one attached hydrogen (secondary N) is 1. The van der Waals surface area contributed by atoms with Crippen molar-refractivity contribution in [3.63, 3.8) is 0 Å². The van der Waals surface area contributed by atoms with Crippen LogP contribution in [0.1, 0.15) is 17.0 Å². The second kappa shape index (κ2) is 6.28. The van der Waals surface area contributed by atoms with Crippen LogP contribution < -0.4 is 19.9 Å². The average molecular weight is 438 g/mol. The van der Waals surface area contributed by atoms with Gasteiger partial charge in [0.1, 0.15) is 11.6 Å². The lowest BCUT2D eigenvalue weighted by Gasteiger charge is -2.25. The largest absolute Gasteiger partial charge is 0.454 e. The molecule has 0 spiro atoms. The van der Waals surface area contributed by atoms with Gasteiger partial charge in [0.25, 0.3) is 0 Å². The lowest BCUT2D eigenvalue weighted by Crippen LogP contribution is -2.21. The minimum atomic E-state index is -0.500. The maximum Gasteiger partial charge on any atom is 0.244 e. The smallest absolute Gasteiger partial charge is 0.244 e. The van der Waals surface area contributed by atoms with E-state index in [4.69, 9.17) is 19.9 Å². The maximum absolute atomic E-state index is 9.82. The number of nitrogens with zero attached hydrogens (tertiary/aromatic N) is 3. The lowest BCUT2D eigenvalue weighted by atomic mass is 9.83. The maximum atomic E-state index is 9.82. The molecular weight excluding hydrogens is 426 g/mol. The molecule has 8 nitrogen and oxygen atoms in total. The third kappa shape index (κ3) is 2.42. The topological polar surface area (TPSA) is 119 Å². The van der Waals surface area contributed by atoms with E-state index in [-0.39, 0.29) is 12.7 Å². The Balaban J connectivity index is 1.76. The summed E-state index contributed by atoms with van der Waals surface area (Å²) in [6.07, 6.45) is 3.38. The molecule has 3 N–H and O–H groups in total. The van der Waals surface area contributed by atoms with Crippen molar-refractivity contribution < 1.29 is 14.2 Å². The summed E-state index contributed by atoms with van der Waals surface area (Å²) in [5.74, 6) is 1.10. The minimum absolute atomic E-state index is 0.0253. The number of benzene rings is 1. The van der Waals surface area contributed by atoms with Crippen molar-refractivity contribution in [2.75, 3.05) is 6.79 Å². The van der Waals surface area contributed by atoms with Crippen molar-refractivity contribution >= 4 is 15.9 Å². The minimum Gasteiger partial charge on any atom is -0.454 e. The van der Waals surface area contributed by atoms with Gasteiger partial charge in [-0.3, -0.25) is 10.1 Å². The summed E-state index contributed by atoms with van der Waals surface area (Å²) in [6.45, 7) is 0.154. The van der Waals surface area contributed by atoms with E-state index in [9.17, 15) is 5.26 Å². The number of allylic oxidation sites excluding steroid dienone is 1. The third-order valence-electron chi connectivity index (χ3n) is 4.71. The van der Waals surface area contributed by atoms with Gasteiger partial charge in [0.15, 0.2) is 11.5 Å². The fraction of sp³-hybridized carbons (Fsp3) is 0.105. The zero-order chi connectivity index (χ0) is 19.3. The summed E-state index contributed by atoms with van der Waals surface area (Å²) in [5.41, 5.74) is 9.45. The molecule has 9 heteroatoms. The second-order valence-electron chi connectivity index (χ2n) is 6.21. The first-order chi connectivity index (χ1) is 13.7. The van der Waals surface area contributed by atoms with E-state index in [2.05, 4.69) is 37.2 Å². The Morgan fingerprint density at radius 3 is 2.71 bits per heavy atom. The molecule has 0 fully saturated rings.